The topological polar surface area (TPSA) is 84.2 Å². The molecule has 1 aliphatic heterocycles. The van der Waals surface area contributed by atoms with Gasteiger partial charge in [0.2, 0.25) is 5.91 Å². The van der Waals surface area contributed by atoms with Crippen molar-refractivity contribution in [2.24, 2.45) is 0 Å². The maximum Gasteiger partial charge on any atom is 0.335 e. The minimum Gasteiger partial charge on any atom is -0.478 e. The Morgan fingerprint density at radius 1 is 1.15 bits per heavy atom. The third kappa shape index (κ3) is 2.97. The van der Waals surface area contributed by atoms with Crippen molar-refractivity contribution in [2.45, 2.75) is 5.25 Å². The fourth-order valence-corrected chi connectivity index (χ4v) is 4.08. The first kappa shape index (κ1) is 16.4. The number of aromatic carboxylic acids is 1. The van der Waals surface area contributed by atoms with E-state index in [1.165, 1.54) is 11.8 Å². The molecule has 2 N–H and O–H groups in total. The van der Waals surface area contributed by atoms with Gasteiger partial charge in [-0.2, -0.15) is 0 Å². The van der Waals surface area contributed by atoms with Crippen LogP contribution in [0.15, 0.2) is 60.9 Å². The lowest BCUT2D eigenvalue weighted by atomic mass is 10.1. The second kappa shape index (κ2) is 6.68. The van der Waals surface area contributed by atoms with Gasteiger partial charge in [0.1, 0.15) is 6.33 Å². The normalized spacial score (nSPS) is 16.5. The Bertz CT molecular complexity index is 967. The van der Waals surface area contributed by atoms with Crippen LogP contribution in [-0.2, 0) is 4.79 Å². The molecule has 0 spiro atoms. The van der Waals surface area contributed by atoms with Gasteiger partial charge < -0.3 is 10.4 Å². The van der Waals surface area contributed by atoms with Crippen LogP contribution in [0.25, 0.3) is 5.69 Å². The van der Waals surface area contributed by atoms with E-state index in [2.05, 4.69) is 10.3 Å². The first-order valence-electron chi connectivity index (χ1n) is 8.01. The number of aromatic nitrogens is 2. The van der Waals surface area contributed by atoms with Crippen molar-refractivity contribution < 1.29 is 14.7 Å². The molecule has 26 heavy (non-hydrogen) atoms. The Morgan fingerprint density at radius 2 is 1.88 bits per heavy atom. The molecule has 2 heterocycles. The van der Waals surface area contributed by atoms with Gasteiger partial charge in [-0.05, 0) is 29.8 Å². The number of benzene rings is 2. The molecule has 130 valence electrons. The van der Waals surface area contributed by atoms with E-state index in [0.717, 1.165) is 16.9 Å². The van der Waals surface area contributed by atoms with Gasteiger partial charge in [0, 0.05) is 5.69 Å². The molecule has 7 heteroatoms. The van der Waals surface area contributed by atoms with Crippen molar-refractivity contribution in [1.29, 1.82) is 0 Å². The first-order chi connectivity index (χ1) is 12.6. The second-order valence-corrected chi connectivity index (χ2v) is 6.94. The number of para-hydroxylation sites is 1. The van der Waals surface area contributed by atoms with Gasteiger partial charge in [0.15, 0.2) is 5.82 Å². The molecule has 3 aromatic rings. The van der Waals surface area contributed by atoms with E-state index in [-0.39, 0.29) is 16.7 Å². The van der Waals surface area contributed by atoms with E-state index in [1.807, 2.05) is 34.9 Å². The molecule has 1 atom stereocenters. The molecule has 1 amide bonds. The maximum atomic E-state index is 12.1. The number of thioether (sulfide) groups is 1. The Balaban J connectivity index is 1.83. The number of carboxylic acids is 1. The predicted molar refractivity (Wildman–Crippen MR) is 99.9 cm³/mol. The summed E-state index contributed by atoms with van der Waals surface area (Å²) >= 11 is 1.50. The minimum absolute atomic E-state index is 0.0979. The number of carbonyl (C=O) groups excluding carboxylic acids is 1. The molecule has 1 aliphatic rings. The van der Waals surface area contributed by atoms with Gasteiger partial charge >= 0.3 is 5.97 Å². The van der Waals surface area contributed by atoms with E-state index in [0.29, 0.717) is 11.6 Å². The van der Waals surface area contributed by atoms with Crippen LogP contribution in [0.4, 0.5) is 5.82 Å². The molecular formula is C19H15N3O3S. The average molecular weight is 365 g/mol. The summed E-state index contributed by atoms with van der Waals surface area (Å²) in [6.45, 7) is 0. The lowest BCUT2D eigenvalue weighted by molar-refractivity contribution is -0.113. The third-order valence-corrected chi connectivity index (χ3v) is 5.44. The Morgan fingerprint density at radius 3 is 2.58 bits per heavy atom. The highest BCUT2D eigenvalue weighted by Crippen LogP contribution is 2.42. The summed E-state index contributed by atoms with van der Waals surface area (Å²) in [5.41, 5.74) is 2.98. The van der Waals surface area contributed by atoms with Gasteiger partial charge in [0.05, 0.1) is 22.3 Å². The minimum atomic E-state index is -0.961. The lowest BCUT2D eigenvalue weighted by Crippen LogP contribution is -2.12. The van der Waals surface area contributed by atoms with Gasteiger partial charge in [-0.15, -0.1) is 11.8 Å². The van der Waals surface area contributed by atoms with Gasteiger partial charge in [0.25, 0.3) is 0 Å². The molecule has 6 nitrogen and oxygen atoms in total. The standard InChI is InChI=1S/C19H15N3O3S/c23-15-10-26-17(12-6-8-13(9-7-12)19(24)25)16-18(21-15)20-11-22(16)14-4-2-1-3-5-14/h1-9,11,17H,10H2,(H,21,23)(H,24,25)/t17-/m1/s1. The maximum absolute atomic E-state index is 12.1. The van der Waals surface area contributed by atoms with Crippen LogP contribution in [-0.4, -0.2) is 32.3 Å². The average Bonchev–Trinajstić information content (AvgIpc) is 2.98. The van der Waals surface area contributed by atoms with Crippen molar-refractivity contribution in [3.05, 3.63) is 77.7 Å². The molecule has 0 bridgehead atoms. The molecule has 4 rings (SSSR count). The number of hydrogen-bond acceptors (Lipinski definition) is 4. The highest BCUT2D eigenvalue weighted by molar-refractivity contribution is 8.00. The van der Waals surface area contributed by atoms with Crippen LogP contribution < -0.4 is 5.32 Å². The molecule has 1 aromatic heterocycles. The van der Waals surface area contributed by atoms with E-state index in [9.17, 15) is 9.59 Å². The van der Waals surface area contributed by atoms with E-state index >= 15 is 0 Å². The summed E-state index contributed by atoms with van der Waals surface area (Å²) in [4.78, 5) is 27.6. The molecule has 0 fully saturated rings. The first-order valence-corrected chi connectivity index (χ1v) is 9.06. The summed E-state index contributed by atoms with van der Waals surface area (Å²) < 4.78 is 1.96. The van der Waals surface area contributed by atoms with Gasteiger partial charge in [-0.1, -0.05) is 30.3 Å². The van der Waals surface area contributed by atoms with E-state index in [4.69, 9.17) is 5.11 Å². The van der Waals surface area contributed by atoms with Crippen LogP contribution in [0.5, 0.6) is 0 Å². The quantitative estimate of drug-likeness (QED) is 0.744. The summed E-state index contributed by atoms with van der Waals surface area (Å²) in [7, 11) is 0. The highest BCUT2D eigenvalue weighted by atomic mass is 32.2. The number of fused-ring (bicyclic) bond motifs is 1. The van der Waals surface area contributed by atoms with Crippen LogP contribution in [0, 0.1) is 0 Å². The molecule has 0 unspecified atom stereocenters. The Hall–Kier alpha value is -3.06. The molecule has 0 aliphatic carbocycles. The largest absolute Gasteiger partial charge is 0.478 e. The fraction of sp³-hybridized carbons (Fsp3) is 0.105. The zero-order valence-electron chi connectivity index (χ0n) is 13.6. The number of nitrogens with one attached hydrogen (secondary N) is 1. The molecule has 0 radical (unpaired) electrons. The molecule has 0 saturated carbocycles. The predicted octanol–water partition coefficient (Wildman–Crippen LogP) is 3.35. The van der Waals surface area contributed by atoms with Gasteiger partial charge in [-0.25, -0.2) is 9.78 Å². The third-order valence-electron chi connectivity index (χ3n) is 4.19. The second-order valence-electron chi connectivity index (χ2n) is 5.85. The number of carboxylic acid groups (broad SMARTS) is 1. The summed E-state index contributed by atoms with van der Waals surface area (Å²) in [6.07, 6.45) is 1.70. The van der Waals surface area contributed by atoms with E-state index in [1.54, 1.807) is 30.6 Å². The summed E-state index contributed by atoms with van der Waals surface area (Å²) in [5.74, 6) is -0.219. The number of anilines is 1. The molecule has 2 aromatic carbocycles. The van der Waals surface area contributed by atoms with Crippen molar-refractivity contribution in [3.63, 3.8) is 0 Å². The van der Waals surface area contributed by atoms with E-state index < -0.39 is 5.97 Å². The van der Waals surface area contributed by atoms with Gasteiger partial charge in [-0.3, -0.25) is 9.36 Å². The molecule has 0 saturated heterocycles. The number of carbonyl (C=O) groups is 2. The number of imidazole rings is 1. The van der Waals surface area contributed by atoms with Crippen LogP contribution in [0.2, 0.25) is 0 Å². The number of rotatable bonds is 3. The van der Waals surface area contributed by atoms with Crippen molar-refractivity contribution in [2.75, 3.05) is 11.1 Å². The zero-order chi connectivity index (χ0) is 18.1. The Labute approximate surface area is 153 Å². The number of hydrogen-bond donors (Lipinski definition) is 2. The zero-order valence-corrected chi connectivity index (χ0v) is 14.4. The number of amides is 1. The lowest BCUT2D eigenvalue weighted by Gasteiger charge is -2.18. The Kier molecular flexibility index (Phi) is 4.22. The van der Waals surface area contributed by atoms with Crippen molar-refractivity contribution >= 4 is 29.5 Å². The smallest absolute Gasteiger partial charge is 0.335 e. The molecular weight excluding hydrogens is 350 g/mol. The highest BCUT2D eigenvalue weighted by Gasteiger charge is 2.29. The van der Waals surface area contributed by atoms with Crippen LogP contribution in [0.3, 0.4) is 0 Å². The summed E-state index contributed by atoms with van der Waals surface area (Å²) in [6, 6.07) is 16.5. The summed E-state index contributed by atoms with van der Waals surface area (Å²) in [5, 5.41) is 11.8. The van der Waals surface area contributed by atoms with Crippen molar-refractivity contribution in [1.82, 2.24) is 9.55 Å². The van der Waals surface area contributed by atoms with Crippen LogP contribution in [0.1, 0.15) is 26.9 Å². The van der Waals surface area contributed by atoms with Crippen molar-refractivity contribution in [3.8, 4) is 5.69 Å². The number of nitrogens with zero attached hydrogens (tertiary/aromatic N) is 2. The monoisotopic (exact) mass is 365 g/mol. The SMILES string of the molecule is O=C1CS[C@H](c2ccc(C(=O)O)cc2)c2c(ncn2-c2ccccc2)N1. The van der Waals surface area contributed by atoms with Crippen LogP contribution >= 0.6 is 11.8 Å². The fourth-order valence-electron chi connectivity index (χ4n) is 2.96.